The number of rotatable bonds is 4. The van der Waals surface area contributed by atoms with Gasteiger partial charge in [0, 0.05) is 37.7 Å². The van der Waals surface area contributed by atoms with Crippen LogP contribution in [0.3, 0.4) is 0 Å². The zero-order chi connectivity index (χ0) is 26.9. The number of carbonyl (C=O) groups excluding carboxylic acids is 2. The van der Waals surface area contributed by atoms with Crippen molar-refractivity contribution in [1.82, 2.24) is 24.5 Å². The molecule has 3 heterocycles. The smallest absolute Gasteiger partial charge is 0.416 e. The zero-order valence-corrected chi connectivity index (χ0v) is 20.6. The Hall–Kier alpha value is -3.32. The third-order valence-corrected chi connectivity index (χ3v) is 6.58. The van der Waals surface area contributed by atoms with Gasteiger partial charge in [0.05, 0.1) is 17.8 Å². The first-order valence-corrected chi connectivity index (χ1v) is 11.9. The summed E-state index contributed by atoms with van der Waals surface area (Å²) in [5.41, 5.74) is -0.0916. The van der Waals surface area contributed by atoms with Crippen LogP contribution in [0.2, 0.25) is 5.02 Å². The summed E-state index contributed by atoms with van der Waals surface area (Å²) in [6.07, 6.45) is -4.79. The van der Waals surface area contributed by atoms with Crippen LogP contribution in [0.15, 0.2) is 24.3 Å². The molecule has 0 radical (unpaired) electrons. The second-order valence-electron chi connectivity index (χ2n) is 9.01. The lowest BCUT2D eigenvalue weighted by atomic mass is 10.1. The van der Waals surface area contributed by atoms with Gasteiger partial charge in [-0.05, 0) is 43.3 Å². The van der Waals surface area contributed by atoms with E-state index in [1.165, 1.54) is 15.9 Å². The number of hydrogen-bond acceptors (Lipinski definition) is 6. The number of ether oxygens (including phenoxy) is 1. The molecule has 37 heavy (non-hydrogen) atoms. The zero-order valence-electron chi connectivity index (χ0n) is 19.9. The molecule has 1 fully saturated rings. The fourth-order valence-corrected chi connectivity index (χ4v) is 4.60. The Morgan fingerprint density at radius 2 is 1.86 bits per heavy atom. The Bertz CT molecular complexity index is 1200. The number of aromatic nitrogens is 2. The summed E-state index contributed by atoms with van der Waals surface area (Å²) in [5.74, 6) is -1.40. The highest BCUT2D eigenvalue weighted by Gasteiger charge is 2.34. The lowest BCUT2D eigenvalue weighted by Crippen LogP contribution is -2.56. The molecular weight excluding hydrogens is 519 g/mol. The van der Waals surface area contributed by atoms with Crippen LogP contribution >= 0.6 is 11.6 Å². The molecule has 1 atom stereocenters. The standard InChI is InChI=1S/C23H25ClF3N5O5/c1-29-5-6-30(12-19(29)21(34)35)20(33)18-10-17-11-31(3-2-4-32(17)28-18)22(36)37-13-14-7-15(23(25,26)27)9-16(24)8-14/h7-10,19H,2-6,11-13H2,1H3,(H,34,35). The lowest BCUT2D eigenvalue weighted by molar-refractivity contribution is -0.144. The molecule has 2 amide bonds. The number of carboxylic acids is 1. The van der Waals surface area contributed by atoms with Crippen molar-refractivity contribution in [1.29, 1.82) is 0 Å². The number of carbonyl (C=O) groups is 3. The number of benzene rings is 1. The quantitative estimate of drug-likeness (QED) is 0.631. The maximum absolute atomic E-state index is 13.0. The van der Waals surface area contributed by atoms with Crippen molar-refractivity contribution in [2.45, 2.75) is 38.3 Å². The molecule has 10 nitrogen and oxygen atoms in total. The molecular formula is C23H25ClF3N5O5. The van der Waals surface area contributed by atoms with Gasteiger partial charge in [0.2, 0.25) is 0 Å². The van der Waals surface area contributed by atoms with Crippen LogP contribution in [0.25, 0.3) is 0 Å². The topological polar surface area (TPSA) is 108 Å². The molecule has 1 saturated heterocycles. The number of amides is 2. The molecule has 14 heteroatoms. The number of alkyl halides is 3. The van der Waals surface area contributed by atoms with E-state index in [2.05, 4.69) is 5.10 Å². The van der Waals surface area contributed by atoms with E-state index in [0.717, 1.165) is 12.1 Å². The Kier molecular flexibility index (Phi) is 7.64. The number of likely N-dealkylation sites (N-methyl/N-ethyl adjacent to an activating group) is 1. The summed E-state index contributed by atoms with van der Waals surface area (Å²) in [7, 11) is 1.69. The Morgan fingerprint density at radius 3 is 2.57 bits per heavy atom. The van der Waals surface area contributed by atoms with Crippen molar-refractivity contribution in [3.63, 3.8) is 0 Å². The van der Waals surface area contributed by atoms with E-state index < -0.39 is 42.4 Å². The molecule has 1 N–H and O–H groups in total. The van der Waals surface area contributed by atoms with Gasteiger partial charge in [-0.3, -0.25) is 19.2 Å². The molecule has 1 aromatic carbocycles. The highest BCUT2D eigenvalue weighted by Crippen LogP contribution is 2.32. The van der Waals surface area contributed by atoms with Crippen molar-refractivity contribution in [2.24, 2.45) is 0 Å². The maximum Gasteiger partial charge on any atom is 0.416 e. The normalized spacial score (nSPS) is 18.8. The van der Waals surface area contributed by atoms with Crippen molar-refractivity contribution >= 4 is 29.6 Å². The molecule has 1 aromatic heterocycles. The van der Waals surface area contributed by atoms with E-state index in [1.54, 1.807) is 22.7 Å². The van der Waals surface area contributed by atoms with Gasteiger partial charge in [-0.25, -0.2) is 4.79 Å². The lowest BCUT2D eigenvalue weighted by Gasteiger charge is -2.36. The number of nitrogens with zero attached hydrogens (tertiary/aromatic N) is 5. The fourth-order valence-electron chi connectivity index (χ4n) is 4.34. The predicted octanol–water partition coefficient (Wildman–Crippen LogP) is 2.94. The fraction of sp³-hybridized carbons (Fsp3) is 0.478. The molecule has 2 aliphatic rings. The van der Waals surface area contributed by atoms with Crippen LogP contribution in [0, 0.1) is 0 Å². The first-order valence-electron chi connectivity index (χ1n) is 11.5. The maximum atomic E-state index is 13.0. The number of aryl methyl sites for hydroxylation is 1. The van der Waals surface area contributed by atoms with Gasteiger partial charge >= 0.3 is 18.2 Å². The van der Waals surface area contributed by atoms with Crippen molar-refractivity contribution < 1.29 is 37.4 Å². The van der Waals surface area contributed by atoms with Gasteiger partial charge in [-0.15, -0.1) is 0 Å². The largest absolute Gasteiger partial charge is 0.480 e. The summed E-state index contributed by atoms with van der Waals surface area (Å²) < 4.78 is 46.0. The minimum atomic E-state index is -4.58. The molecule has 4 rings (SSSR count). The first-order chi connectivity index (χ1) is 17.4. The molecule has 0 bridgehead atoms. The molecule has 0 saturated carbocycles. The van der Waals surface area contributed by atoms with E-state index in [9.17, 15) is 32.7 Å². The van der Waals surface area contributed by atoms with E-state index >= 15 is 0 Å². The Morgan fingerprint density at radius 1 is 1.11 bits per heavy atom. The highest BCUT2D eigenvalue weighted by molar-refractivity contribution is 6.30. The Labute approximate surface area is 215 Å². The van der Waals surface area contributed by atoms with Gasteiger partial charge in [0.25, 0.3) is 5.91 Å². The predicted molar refractivity (Wildman–Crippen MR) is 124 cm³/mol. The van der Waals surface area contributed by atoms with Gasteiger partial charge in [0.1, 0.15) is 12.6 Å². The van der Waals surface area contributed by atoms with Gasteiger partial charge in [-0.2, -0.15) is 18.3 Å². The monoisotopic (exact) mass is 543 g/mol. The average Bonchev–Trinajstić information content (AvgIpc) is 3.12. The molecule has 2 aromatic rings. The van der Waals surface area contributed by atoms with Crippen LogP contribution in [0.5, 0.6) is 0 Å². The second-order valence-corrected chi connectivity index (χ2v) is 9.44. The van der Waals surface area contributed by atoms with Crippen LogP contribution in [0.1, 0.15) is 33.7 Å². The van der Waals surface area contributed by atoms with Crippen LogP contribution in [0.4, 0.5) is 18.0 Å². The summed E-state index contributed by atoms with van der Waals surface area (Å²) in [5, 5.41) is 13.6. The number of aliphatic carboxylic acids is 1. The third-order valence-electron chi connectivity index (χ3n) is 6.36. The minimum Gasteiger partial charge on any atom is -0.480 e. The molecule has 1 unspecified atom stereocenters. The van der Waals surface area contributed by atoms with E-state index in [1.807, 2.05) is 0 Å². The van der Waals surface area contributed by atoms with Crippen molar-refractivity contribution in [3.8, 4) is 0 Å². The van der Waals surface area contributed by atoms with Crippen molar-refractivity contribution in [3.05, 3.63) is 51.8 Å². The minimum absolute atomic E-state index is 0.0326. The molecule has 0 aliphatic carbocycles. The molecule has 0 spiro atoms. The second kappa shape index (κ2) is 10.6. The summed E-state index contributed by atoms with van der Waals surface area (Å²) in [4.78, 5) is 41.7. The molecule has 2 aliphatic heterocycles. The van der Waals surface area contributed by atoms with Crippen LogP contribution in [-0.4, -0.2) is 86.8 Å². The van der Waals surface area contributed by atoms with Crippen molar-refractivity contribution in [2.75, 3.05) is 33.2 Å². The average molecular weight is 544 g/mol. The molecule has 200 valence electrons. The van der Waals surface area contributed by atoms with Gasteiger partial charge in [0.15, 0.2) is 5.69 Å². The van der Waals surface area contributed by atoms with E-state index in [-0.39, 0.29) is 29.4 Å². The van der Waals surface area contributed by atoms with E-state index in [4.69, 9.17) is 16.3 Å². The highest BCUT2D eigenvalue weighted by atomic mass is 35.5. The Balaban J connectivity index is 1.41. The van der Waals surface area contributed by atoms with Crippen LogP contribution < -0.4 is 0 Å². The number of carboxylic acid groups (broad SMARTS) is 1. The first kappa shape index (κ1) is 26.7. The van der Waals surface area contributed by atoms with E-state index in [0.29, 0.717) is 38.3 Å². The summed E-state index contributed by atoms with van der Waals surface area (Å²) in [6, 6.07) is 3.73. The number of piperazine rings is 1. The third kappa shape index (κ3) is 6.16. The SMILES string of the molecule is CN1CCN(C(=O)c2cc3n(n2)CCCN(C(=O)OCc2cc(Cl)cc(C(F)(F)F)c2)C3)CC1C(=O)O. The van der Waals surface area contributed by atoms with Gasteiger partial charge in [-0.1, -0.05) is 11.6 Å². The number of hydrogen-bond donors (Lipinski definition) is 1. The van der Waals surface area contributed by atoms with Crippen LogP contribution in [-0.2, 0) is 35.4 Å². The number of halogens is 4. The number of fused-ring (bicyclic) bond motifs is 1. The summed E-state index contributed by atoms with van der Waals surface area (Å²) >= 11 is 5.79. The summed E-state index contributed by atoms with van der Waals surface area (Å²) in [6.45, 7) is 1.26. The van der Waals surface area contributed by atoms with Gasteiger partial charge < -0.3 is 19.6 Å².